The van der Waals surface area contributed by atoms with Crippen LogP contribution in [0.15, 0.2) is 17.5 Å². The number of carboxylic acid groups (broad SMARTS) is 1. The van der Waals surface area contributed by atoms with Gasteiger partial charge in [-0.3, -0.25) is 0 Å². The molecule has 2 rings (SSSR count). The predicted molar refractivity (Wildman–Crippen MR) is 53.8 cm³/mol. The van der Waals surface area contributed by atoms with Crippen molar-refractivity contribution in [1.29, 1.82) is 0 Å². The monoisotopic (exact) mass is 230 g/mol. The molecule has 0 bridgehead atoms. The summed E-state index contributed by atoms with van der Waals surface area (Å²) in [5.41, 5.74) is -0.457. The zero-order chi connectivity index (χ0) is 10.3. The van der Waals surface area contributed by atoms with E-state index < -0.39 is 17.3 Å². The molecule has 2 nitrogen and oxygen atoms in total. The molecule has 5 heteroatoms. The molecule has 14 heavy (non-hydrogen) atoms. The van der Waals surface area contributed by atoms with Gasteiger partial charge in [0.15, 0.2) is 0 Å². The molecule has 1 aromatic carbocycles. The van der Waals surface area contributed by atoms with Crippen LogP contribution in [0.3, 0.4) is 0 Å². The van der Waals surface area contributed by atoms with Crippen molar-refractivity contribution in [2.24, 2.45) is 0 Å². The number of hydrogen-bond acceptors (Lipinski definition) is 2. The molecular formula is C9H4ClFO2S. The highest BCUT2D eigenvalue weighted by Crippen LogP contribution is 2.33. The maximum Gasteiger partial charge on any atom is 0.340 e. The van der Waals surface area contributed by atoms with Crippen molar-refractivity contribution in [3.63, 3.8) is 0 Å². The number of thiophene rings is 1. The van der Waals surface area contributed by atoms with Crippen molar-refractivity contribution in [2.45, 2.75) is 0 Å². The number of benzene rings is 1. The summed E-state index contributed by atoms with van der Waals surface area (Å²) in [6.45, 7) is 0. The first kappa shape index (κ1) is 9.43. The van der Waals surface area contributed by atoms with E-state index in [1.807, 2.05) is 0 Å². The van der Waals surface area contributed by atoms with Crippen molar-refractivity contribution in [2.75, 3.05) is 0 Å². The highest BCUT2D eigenvalue weighted by atomic mass is 35.5. The fourth-order valence-electron chi connectivity index (χ4n) is 1.23. The Balaban J connectivity index is 2.89. The smallest absolute Gasteiger partial charge is 0.340 e. The predicted octanol–water partition coefficient (Wildman–Crippen LogP) is 3.39. The molecular weight excluding hydrogens is 227 g/mol. The Bertz CT molecular complexity index is 521. The number of carboxylic acids is 1. The fraction of sp³-hybridized carbons (Fsp3) is 0. The van der Waals surface area contributed by atoms with Gasteiger partial charge in [-0.05, 0) is 22.9 Å². The van der Waals surface area contributed by atoms with E-state index in [1.54, 1.807) is 11.4 Å². The third kappa shape index (κ3) is 1.27. The van der Waals surface area contributed by atoms with Crippen molar-refractivity contribution in [3.8, 4) is 0 Å². The molecule has 0 radical (unpaired) electrons. The Kier molecular flexibility index (Phi) is 2.17. The van der Waals surface area contributed by atoms with Gasteiger partial charge in [0, 0.05) is 0 Å². The van der Waals surface area contributed by atoms with Gasteiger partial charge in [0.1, 0.15) is 11.4 Å². The Hall–Kier alpha value is -1.13. The lowest BCUT2D eigenvalue weighted by Gasteiger charge is -2.01. The topological polar surface area (TPSA) is 37.3 Å². The number of halogens is 2. The highest BCUT2D eigenvalue weighted by Gasteiger charge is 2.18. The molecule has 1 N–H and O–H groups in total. The Morgan fingerprint density at radius 2 is 2.29 bits per heavy atom. The lowest BCUT2D eigenvalue weighted by Crippen LogP contribution is -2.01. The lowest BCUT2D eigenvalue weighted by atomic mass is 10.1. The second-order valence-electron chi connectivity index (χ2n) is 2.69. The molecule has 0 aliphatic heterocycles. The summed E-state index contributed by atoms with van der Waals surface area (Å²) in [5.74, 6) is -2.14. The van der Waals surface area contributed by atoms with Crippen molar-refractivity contribution in [1.82, 2.24) is 0 Å². The second kappa shape index (κ2) is 3.22. The lowest BCUT2D eigenvalue weighted by molar-refractivity contribution is 0.0692. The first-order valence-corrected chi connectivity index (χ1v) is 4.95. The molecule has 0 atom stereocenters. The molecule has 0 saturated carbocycles. The van der Waals surface area contributed by atoms with Gasteiger partial charge in [-0.2, -0.15) is 0 Å². The minimum absolute atomic E-state index is 0.0255. The van der Waals surface area contributed by atoms with E-state index in [4.69, 9.17) is 16.7 Å². The summed E-state index contributed by atoms with van der Waals surface area (Å²) < 4.78 is 13.9. The standard InChI is InChI=1S/C9H4ClFO2S/c10-7-6(9(12)13)5(11)3-4-1-2-14-8(4)7/h1-3H,(H,12,13). The van der Waals surface area contributed by atoms with E-state index >= 15 is 0 Å². The van der Waals surface area contributed by atoms with Crippen molar-refractivity contribution < 1.29 is 14.3 Å². The summed E-state index contributed by atoms with van der Waals surface area (Å²) in [6, 6.07) is 2.88. The summed E-state index contributed by atoms with van der Waals surface area (Å²) >= 11 is 7.07. The van der Waals surface area contributed by atoms with Gasteiger partial charge < -0.3 is 5.11 Å². The summed E-state index contributed by atoms with van der Waals surface area (Å²) in [5, 5.41) is 11.1. The molecule has 0 unspecified atom stereocenters. The van der Waals surface area contributed by atoms with Crippen LogP contribution in [0.4, 0.5) is 4.39 Å². The molecule has 1 heterocycles. The molecule has 0 spiro atoms. The van der Waals surface area contributed by atoms with Gasteiger partial charge in [0.25, 0.3) is 0 Å². The van der Waals surface area contributed by atoms with Crippen molar-refractivity contribution >= 4 is 39.0 Å². The molecule has 1 aromatic heterocycles. The number of aromatic carboxylic acids is 1. The zero-order valence-corrected chi connectivity index (χ0v) is 8.32. The number of fused-ring (bicyclic) bond motifs is 1. The van der Waals surface area contributed by atoms with E-state index in [2.05, 4.69) is 0 Å². The van der Waals surface area contributed by atoms with E-state index in [0.717, 1.165) is 0 Å². The molecule has 72 valence electrons. The number of hydrogen-bond donors (Lipinski definition) is 1. The molecule has 0 amide bonds. The maximum absolute atomic E-state index is 13.2. The molecule has 2 aromatic rings. The third-order valence-electron chi connectivity index (χ3n) is 1.85. The van der Waals surface area contributed by atoms with Crippen LogP contribution in [-0.4, -0.2) is 11.1 Å². The van der Waals surface area contributed by atoms with E-state index in [0.29, 0.717) is 10.1 Å². The quantitative estimate of drug-likeness (QED) is 0.815. The van der Waals surface area contributed by atoms with Gasteiger partial charge in [-0.25, -0.2) is 9.18 Å². The zero-order valence-electron chi connectivity index (χ0n) is 6.75. The van der Waals surface area contributed by atoms with Crippen LogP contribution in [0.5, 0.6) is 0 Å². The molecule has 0 saturated heterocycles. The summed E-state index contributed by atoms with van der Waals surface area (Å²) in [6.07, 6.45) is 0. The first-order valence-electron chi connectivity index (χ1n) is 3.69. The average Bonchev–Trinajstić information content (AvgIpc) is 2.50. The normalized spacial score (nSPS) is 10.7. The van der Waals surface area contributed by atoms with E-state index in [9.17, 15) is 9.18 Å². The number of rotatable bonds is 1. The van der Waals surface area contributed by atoms with Gasteiger partial charge in [-0.1, -0.05) is 11.6 Å². The van der Waals surface area contributed by atoms with Crippen LogP contribution in [0.2, 0.25) is 5.02 Å². The average molecular weight is 231 g/mol. The van der Waals surface area contributed by atoms with Crippen LogP contribution in [-0.2, 0) is 0 Å². The van der Waals surface area contributed by atoms with E-state index in [-0.39, 0.29) is 5.02 Å². The Morgan fingerprint density at radius 1 is 1.57 bits per heavy atom. The Labute approximate surface area is 87.5 Å². The summed E-state index contributed by atoms with van der Waals surface area (Å²) in [7, 11) is 0. The Morgan fingerprint density at radius 3 is 2.93 bits per heavy atom. The van der Waals surface area contributed by atoms with Gasteiger partial charge in [0.05, 0.1) is 9.72 Å². The molecule has 0 fully saturated rings. The maximum atomic E-state index is 13.2. The minimum Gasteiger partial charge on any atom is -0.478 e. The first-order chi connectivity index (χ1) is 6.61. The summed E-state index contributed by atoms with van der Waals surface area (Å²) in [4.78, 5) is 10.7. The molecule has 0 aliphatic rings. The minimum atomic E-state index is -1.34. The molecule has 0 aliphatic carbocycles. The van der Waals surface area contributed by atoms with Crippen LogP contribution in [0, 0.1) is 5.82 Å². The fourth-order valence-corrected chi connectivity index (χ4v) is 2.47. The van der Waals surface area contributed by atoms with Gasteiger partial charge >= 0.3 is 5.97 Å². The highest BCUT2D eigenvalue weighted by molar-refractivity contribution is 7.17. The largest absolute Gasteiger partial charge is 0.478 e. The van der Waals surface area contributed by atoms with E-state index in [1.165, 1.54) is 17.4 Å². The SMILES string of the molecule is O=C(O)c1c(F)cc2ccsc2c1Cl. The van der Waals surface area contributed by atoms with Crippen molar-refractivity contribution in [3.05, 3.63) is 33.9 Å². The van der Waals surface area contributed by atoms with Crippen LogP contribution in [0.1, 0.15) is 10.4 Å². The second-order valence-corrected chi connectivity index (χ2v) is 3.99. The van der Waals surface area contributed by atoms with Gasteiger partial charge in [0.2, 0.25) is 0 Å². The van der Waals surface area contributed by atoms with Gasteiger partial charge in [-0.15, -0.1) is 11.3 Å². The third-order valence-corrected chi connectivity index (χ3v) is 3.29. The van der Waals surface area contributed by atoms with Crippen LogP contribution < -0.4 is 0 Å². The van der Waals surface area contributed by atoms with Crippen LogP contribution in [0.25, 0.3) is 10.1 Å². The number of carbonyl (C=O) groups is 1. The van der Waals surface area contributed by atoms with Crippen LogP contribution >= 0.6 is 22.9 Å².